The number of aromatic nitrogens is 2. The van der Waals surface area contributed by atoms with Gasteiger partial charge in [-0.05, 0) is 119 Å². The third-order valence-corrected chi connectivity index (χ3v) is 21.6. The number of nitrogens with one attached hydrogen (secondary N) is 1. The maximum atomic E-state index is 14.4. The summed E-state index contributed by atoms with van der Waals surface area (Å²) in [6, 6.07) is 2.65. The number of aliphatic hydroxyl groups excluding tert-OH is 2. The summed E-state index contributed by atoms with van der Waals surface area (Å²) < 4.78 is 31.9. The average molecular weight is 1360 g/mol. The molecule has 15 atom stereocenters. The number of aliphatic hydroxyl groups is 2. The molecule has 0 radical (unpaired) electrons. The van der Waals surface area contributed by atoms with Crippen LogP contribution < -0.4 is 44.6 Å². The molecule has 1 aromatic carbocycles. The van der Waals surface area contributed by atoms with Crippen LogP contribution in [0.15, 0.2) is 67.8 Å². The molecule has 0 saturated carbocycles. The van der Waals surface area contributed by atoms with Crippen LogP contribution in [0.2, 0.25) is 0 Å². The zero-order chi connectivity index (χ0) is 68.7. The zero-order valence-electron chi connectivity index (χ0n) is 54.4. The van der Waals surface area contributed by atoms with E-state index >= 15 is 0 Å². The number of ether oxygens (including phenoxy) is 1. The second-order valence-electron chi connectivity index (χ2n) is 27.0. The Balaban J connectivity index is 0.00000453. The number of aliphatic imine (C=N–C) groups is 3. The fourth-order valence-electron chi connectivity index (χ4n) is 15.3. The van der Waals surface area contributed by atoms with E-state index in [0.717, 1.165) is 11.1 Å². The van der Waals surface area contributed by atoms with Crippen LogP contribution in [0.3, 0.4) is 0 Å². The fourth-order valence-corrected chi connectivity index (χ4v) is 16.4. The van der Waals surface area contributed by atoms with Crippen LogP contribution in [0, 0.1) is 71.0 Å². The van der Waals surface area contributed by atoms with Crippen LogP contribution in [0.5, 0.6) is 0 Å². The van der Waals surface area contributed by atoms with Crippen molar-refractivity contribution in [1.82, 2.24) is 14.9 Å². The number of carbonyl (C=O) groups excluding carboxylic acids is 7. The van der Waals surface area contributed by atoms with Crippen molar-refractivity contribution in [2.45, 2.75) is 189 Å². The zero-order valence-corrected chi connectivity index (χ0v) is 56.4. The van der Waals surface area contributed by atoms with Crippen molar-refractivity contribution in [2.24, 2.45) is 94.7 Å². The van der Waals surface area contributed by atoms with E-state index in [9.17, 15) is 53.2 Å². The molecule has 2 fully saturated rings. The number of carbonyl (C=O) groups is 7. The van der Waals surface area contributed by atoms with Gasteiger partial charge in [0.1, 0.15) is 18.3 Å². The first-order valence-corrected chi connectivity index (χ1v) is 32.2. The molecule has 8 bridgehead atoms. The molecule has 0 aliphatic carbocycles. The Kier molecular flexibility index (Phi) is 23.0. The van der Waals surface area contributed by atoms with Crippen molar-refractivity contribution in [3.63, 3.8) is 0 Å². The van der Waals surface area contributed by atoms with Gasteiger partial charge in [-0.3, -0.25) is 53.1 Å². The van der Waals surface area contributed by atoms with E-state index in [0.29, 0.717) is 56.4 Å². The number of imidazole rings is 1. The summed E-state index contributed by atoms with van der Waals surface area (Å²) >= 11 is 0. The smallest absolute Gasteiger partial charge is 0.756 e. The van der Waals surface area contributed by atoms with E-state index in [1.54, 1.807) is 6.92 Å². The number of nitrogens with two attached hydrogens (primary N) is 6. The number of rotatable bonds is 26. The molecule has 7 amide bonds. The Bertz CT molecular complexity index is 3600. The van der Waals surface area contributed by atoms with E-state index < -0.39 is 143 Å². The van der Waals surface area contributed by atoms with Gasteiger partial charge in [-0.25, -0.2) is 4.98 Å². The molecule has 508 valence electrons. The minimum absolute atomic E-state index is 0. The first-order chi connectivity index (χ1) is 42.8. The van der Waals surface area contributed by atoms with Crippen LogP contribution >= 0.6 is 7.82 Å². The average Bonchev–Trinajstić information content (AvgIpc) is 1.53. The van der Waals surface area contributed by atoms with E-state index in [1.807, 2.05) is 80.5 Å². The Labute approximate surface area is 551 Å². The van der Waals surface area contributed by atoms with Crippen LogP contribution in [0.1, 0.15) is 150 Å². The Morgan fingerprint density at radius 3 is 1.96 bits per heavy atom. The summed E-state index contributed by atoms with van der Waals surface area (Å²) in [5, 5.41) is 36.4. The maximum absolute atomic E-state index is 14.4. The number of phosphoric acid groups is 1. The Hall–Kier alpha value is -7.00. The molecule has 2 saturated heterocycles. The topological polar surface area (TPSA) is 489 Å². The molecule has 93 heavy (non-hydrogen) atoms. The molecular weight excluding hydrogens is 1270 g/mol. The van der Waals surface area contributed by atoms with Crippen molar-refractivity contribution < 1.29 is 83.8 Å². The van der Waals surface area contributed by atoms with Crippen molar-refractivity contribution in [3.8, 4) is 0 Å². The summed E-state index contributed by atoms with van der Waals surface area (Å²) in [6.45, 7) is 23.7. The second-order valence-corrected chi connectivity index (χ2v) is 28.3. The van der Waals surface area contributed by atoms with E-state index in [1.165, 1.54) is 17.8 Å². The third kappa shape index (κ3) is 14.6. The van der Waals surface area contributed by atoms with Gasteiger partial charge >= 0.3 is 16.8 Å². The molecule has 7 heterocycles. The number of allylic oxidation sites excluding steroid dienone is 6. The monoisotopic (exact) mass is 1350 g/mol. The molecular formula is C63H88CoN14O14P. The third-order valence-electron chi connectivity index (χ3n) is 20.5. The predicted octanol–water partition coefficient (Wildman–Crippen LogP) is 3.41. The summed E-state index contributed by atoms with van der Waals surface area (Å²) in [4.78, 5) is 128. The Morgan fingerprint density at radius 2 is 1.39 bits per heavy atom. The predicted molar refractivity (Wildman–Crippen MR) is 337 cm³/mol. The summed E-state index contributed by atoms with van der Waals surface area (Å²) in [6.07, 6.45) is -4.79. The standard InChI is InChI=1S/C62H90N13O14P.CN.Co/c1-29-20-39-40(21-30(29)2)75(28-70-39)57-52(84)53(41(27-76)87-57)89-90(85,86)88-31(3)26-69-49(83)18-19-59(8)37(22-46(66)80)56-62(11)61(10,25-48(68)82)36(14-17-45(65)79)51(74-62)33(5)55-60(9,24-47(67)81)34(12-15-43(63)77)38(71-55)23-42-58(6,7)35(13-16-44(64)78)50(72-42)32(4)54(59)73-56;1-2;/h20-21,23,28,31,34-37,41,52-53,56-57,76,84H,12-19,22,24-27H2,1-11H3,(H15,63,64,65,66,67,68,69,71,72,73,74,77,78,79,80,81,82,83,85,86);;/q;-1;+3/p-2/t31?,34-,35-,36-,37+,41+,52?,53?,56?,57+,59-,60+,61+,62+;;/m1../s1. The molecule has 6 aliphatic heterocycles. The van der Waals surface area contributed by atoms with Crippen molar-refractivity contribution >= 4 is 77.3 Å². The van der Waals surface area contributed by atoms with Gasteiger partial charge in [0.15, 0.2) is 6.23 Å². The number of aryl methyl sites for hydroxylation is 2. The number of hydrogen-bond acceptors (Lipinski definition) is 19. The van der Waals surface area contributed by atoms with Gasteiger partial charge in [-0.2, -0.15) is 5.70 Å². The number of primary amides is 6. The number of benzene rings is 1. The van der Waals surface area contributed by atoms with Crippen LogP contribution in [0.4, 0.5) is 0 Å². The normalized spacial score (nSPS) is 33.1. The number of nitrogens with zero attached hydrogens (tertiary/aromatic N) is 7. The van der Waals surface area contributed by atoms with E-state index in [-0.39, 0.29) is 94.0 Å². The summed E-state index contributed by atoms with van der Waals surface area (Å²) in [5.74, 6) is -7.40. The largest absolute Gasteiger partial charge is 3.00 e. The molecule has 28 nitrogen and oxygen atoms in total. The molecule has 15 N–H and O–H groups in total. The number of amides is 7. The van der Waals surface area contributed by atoms with Gasteiger partial charge in [-0.15, -0.1) is 0 Å². The molecule has 8 rings (SSSR count). The first-order valence-electron chi connectivity index (χ1n) is 30.7. The molecule has 5 unspecified atom stereocenters. The van der Waals surface area contributed by atoms with Crippen LogP contribution in [-0.4, -0.2) is 127 Å². The van der Waals surface area contributed by atoms with Gasteiger partial charge in [0, 0.05) is 108 Å². The molecule has 30 heteroatoms. The minimum Gasteiger partial charge on any atom is -0.756 e. The van der Waals surface area contributed by atoms with Crippen LogP contribution in [0.25, 0.3) is 16.4 Å². The SMILES string of the molecule is C/C1=C2/[N-]C([C@H](CC(N)=O)[C@@]2(C)CCC(=O)NCC(C)OP(=O)([O-])OC2C(O)[C@@H](n3cnc4cc(C)c(C)cc43)O[C@H]2CO)[C@]2(C)N=C(/C(C)=C3N=C(/C=C4N=C1[C@@H](CCC(N)=O)C\4(C)C)[C@@H](CCC(N)=O)[C@]\3(C)CC(N)=O)[C@@H](CCC(N)=O)[C@]2(C)CC(N)=O.[C-]#N.[Co+3]. The van der Waals surface area contributed by atoms with Gasteiger partial charge in [-0.1, -0.05) is 40.7 Å². The van der Waals surface area contributed by atoms with Crippen LogP contribution in [-0.2, 0) is 68.7 Å². The summed E-state index contributed by atoms with van der Waals surface area (Å²) in [7, 11) is -5.32. The Morgan fingerprint density at radius 1 is 0.806 bits per heavy atom. The molecule has 1 aromatic heterocycles. The van der Waals surface area contributed by atoms with Crippen molar-refractivity contribution in [1.29, 1.82) is 5.26 Å². The van der Waals surface area contributed by atoms with E-state index in [4.69, 9.17) is 80.3 Å². The second kappa shape index (κ2) is 28.5. The minimum atomic E-state index is -5.32. The van der Waals surface area contributed by atoms with Crippen molar-refractivity contribution in [2.75, 3.05) is 13.2 Å². The number of fused-ring (bicyclic) bond motifs is 7. The fraction of sp³-hybridized carbons (Fsp3) is 0.619. The maximum Gasteiger partial charge on any atom is 3.00 e. The molecule has 6 aliphatic rings. The van der Waals surface area contributed by atoms with Gasteiger partial charge in [0.05, 0.1) is 41.3 Å². The molecule has 0 spiro atoms. The molecule has 2 aromatic rings. The summed E-state index contributed by atoms with van der Waals surface area (Å²) in [5.41, 5.74) is 36.7. The van der Waals surface area contributed by atoms with Gasteiger partial charge in [0.25, 0.3) is 7.82 Å². The number of hydrogen-bond donors (Lipinski definition) is 9. The van der Waals surface area contributed by atoms with Gasteiger partial charge < -0.3 is 90.3 Å². The first kappa shape index (κ1) is 75.0. The quantitative estimate of drug-likeness (QED) is 0.0481. The van der Waals surface area contributed by atoms with E-state index in [2.05, 4.69) is 10.3 Å². The van der Waals surface area contributed by atoms with Gasteiger partial charge in [0.2, 0.25) is 41.4 Å². The van der Waals surface area contributed by atoms with Crippen molar-refractivity contribution in [3.05, 3.63) is 75.8 Å². The number of phosphoric ester groups is 1.